The smallest absolute Gasteiger partial charge is 0.394 e. The van der Waals surface area contributed by atoms with E-state index in [4.69, 9.17) is 20.9 Å². The highest BCUT2D eigenvalue weighted by Crippen LogP contribution is 2.38. The highest BCUT2D eigenvalue weighted by Gasteiger charge is 2.38. The lowest BCUT2D eigenvalue weighted by molar-refractivity contribution is -0.140. The van der Waals surface area contributed by atoms with Crippen LogP contribution in [0.2, 0.25) is 0 Å². The van der Waals surface area contributed by atoms with Crippen LogP contribution in [0.15, 0.2) is 25.2 Å². The molecule has 1 aromatic heterocycles. The largest absolute Gasteiger partial charge is 0.469 e. The summed E-state index contributed by atoms with van der Waals surface area (Å²) in [6.45, 7) is 9.20. The van der Waals surface area contributed by atoms with E-state index in [9.17, 15) is 53.0 Å². The summed E-state index contributed by atoms with van der Waals surface area (Å²) in [6.07, 6.45) is 6.37. The summed E-state index contributed by atoms with van der Waals surface area (Å²) in [4.78, 5) is 116. The standard InChI is InChI=1S/C40H69N10O14PS/c1-5-6-7-8-13-49-24-43-21-27(49)20-30(38(56)47-31(22-51)39(57)48-34(35(42)53)26(4)64-65(59,60)61)45-37(55)29(19-25(2)3)46-40(58)32-10-9-14-50(32)33(52)11-15-62-17-18-63-16-12-44-36(54)28(41)23-66/h5,21,24-26,28-32,34,51,66H,1,6-20,22-23,41H2,2-4H3,(H2,42,53)(H,44,54)(H,45,55)(H,46,58)(H,47,56)(H,48,57)(H2,59,60,61)/t26?,28-,29-,30-,31-,32-,34-/m0/s1. The fourth-order valence-electron chi connectivity index (χ4n) is 6.79. The van der Waals surface area contributed by atoms with Gasteiger partial charge in [0.15, 0.2) is 0 Å². The summed E-state index contributed by atoms with van der Waals surface area (Å²) in [5.41, 5.74) is 11.5. The van der Waals surface area contributed by atoms with Crippen LogP contribution in [0, 0.1) is 5.92 Å². The van der Waals surface area contributed by atoms with Crippen molar-refractivity contribution in [3.8, 4) is 0 Å². The molecule has 2 heterocycles. The van der Waals surface area contributed by atoms with Crippen LogP contribution in [-0.2, 0) is 65.1 Å². The third kappa shape index (κ3) is 21.0. The molecule has 7 atom stereocenters. The summed E-state index contributed by atoms with van der Waals surface area (Å²) in [5.74, 6) is -5.28. The van der Waals surface area contributed by atoms with Crippen LogP contribution >= 0.6 is 20.5 Å². The number of carbonyl (C=O) groups is 7. The Morgan fingerprint density at radius 2 is 1.61 bits per heavy atom. The zero-order valence-electron chi connectivity index (χ0n) is 37.8. The van der Waals surface area contributed by atoms with Crippen molar-refractivity contribution in [3.63, 3.8) is 0 Å². The number of hydrogen-bond donors (Lipinski definition) is 11. The molecule has 7 amide bonds. The molecule has 26 heteroatoms. The maximum atomic E-state index is 14.1. The molecule has 374 valence electrons. The molecule has 0 radical (unpaired) electrons. The van der Waals surface area contributed by atoms with Gasteiger partial charge in [-0.15, -0.1) is 6.58 Å². The number of thiol groups is 1. The van der Waals surface area contributed by atoms with Gasteiger partial charge in [-0.05, 0) is 51.4 Å². The number of ether oxygens (including phenoxy) is 2. The predicted molar refractivity (Wildman–Crippen MR) is 242 cm³/mol. The zero-order chi connectivity index (χ0) is 49.4. The number of rotatable bonds is 33. The fourth-order valence-corrected chi connectivity index (χ4v) is 7.51. The Bertz CT molecular complexity index is 1800. The number of phosphoric ester groups is 1. The monoisotopic (exact) mass is 976 g/mol. The van der Waals surface area contributed by atoms with Gasteiger partial charge in [0, 0.05) is 43.7 Å². The van der Waals surface area contributed by atoms with Gasteiger partial charge >= 0.3 is 7.82 Å². The van der Waals surface area contributed by atoms with E-state index >= 15 is 0 Å². The van der Waals surface area contributed by atoms with Crippen LogP contribution in [-0.4, -0.2) is 165 Å². The Hall–Kier alpha value is -4.46. The number of hydrogen-bond acceptors (Lipinski definition) is 15. The number of aryl methyl sites for hydroxylation is 1. The molecule has 1 aliphatic rings. The quantitative estimate of drug-likeness (QED) is 0.0150. The number of nitrogens with two attached hydrogens (primary N) is 2. The molecule has 12 N–H and O–H groups in total. The Labute approximate surface area is 390 Å². The van der Waals surface area contributed by atoms with Gasteiger partial charge in [0.2, 0.25) is 41.4 Å². The second-order valence-corrected chi connectivity index (χ2v) is 17.6. The first-order chi connectivity index (χ1) is 31.2. The van der Waals surface area contributed by atoms with Crippen LogP contribution in [0.5, 0.6) is 0 Å². The molecule has 0 bridgehead atoms. The van der Waals surface area contributed by atoms with Gasteiger partial charge in [0.25, 0.3) is 0 Å². The van der Waals surface area contributed by atoms with Gasteiger partial charge in [-0.1, -0.05) is 19.9 Å². The highest BCUT2D eigenvalue weighted by atomic mass is 32.1. The molecule has 0 aliphatic carbocycles. The second-order valence-electron chi connectivity index (χ2n) is 16.1. The van der Waals surface area contributed by atoms with Gasteiger partial charge in [-0.25, -0.2) is 9.55 Å². The van der Waals surface area contributed by atoms with E-state index in [0.29, 0.717) is 31.6 Å². The molecular formula is C40H69N10O14PS. The number of aromatic nitrogens is 2. The van der Waals surface area contributed by atoms with Gasteiger partial charge in [0.05, 0.1) is 57.9 Å². The molecule has 66 heavy (non-hydrogen) atoms. The van der Waals surface area contributed by atoms with Crippen LogP contribution in [0.4, 0.5) is 0 Å². The maximum Gasteiger partial charge on any atom is 0.469 e. The molecule has 2 rings (SSSR count). The number of phosphoric acid groups is 1. The maximum absolute atomic E-state index is 14.1. The van der Waals surface area contributed by atoms with Crippen molar-refractivity contribution in [2.75, 3.05) is 51.9 Å². The first-order valence-corrected chi connectivity index (χ1v) is 23.9. The van der Waals surface area contributed by atoms with E-state index < -0.39 is 86.3 Å². The van der Waals surface area contributed by atoms with Crippen molar-refractivity contribution < 1.29 is 67.0 Å². The number of aliphatic hydroxyl groups excluding tert-OH is 1. The van der Waals surface area contributed by atoms with Crippen LogP contribution in [0.3, 0.4) is 0 Å². The van der Waals surface area contributed by atoms with E-state index in [0.717, 1.165) is 26.2 Å². The summed E-state index contributed by atoms with van der Waals surface area (Å²) < 4.78 is 28.6. The van der Waals surface area contributed by atoms with Crippen molar-refractivity contribution >= 4 is 61.8 Å². The van der Waals surface area contributed by atoms with E-state index in [1.807, 2.05) is 13.8 Å². The molecule has 0 saturated carbocycles. The Kier molecular flexibility index (Phi) is 26.2. The lowest BCUT2D eigenvalue weighted by Gasteiger charge is -2.29. The first-order valence-electron chi connectivity index (χ1n) is 21.8. The molecule has 0 aromatic carbocycles. The molecule has 1 saturated heterocycles. The van der Waals surface area contributed by atoms with Crippen molar-refractivity contribution in [3.05, 3.63) is 30.9 Å². The van der Waals surface area contributed by atoms with E-state index in [1.165, 1.54) is 11.1 Å². The number of nitrogens with zero attached hydrogens (tertiary/aromatic N) is 3. The summed E-state index contributed by atoms with van der Waals surface area (Å²) in [6, 6.07) is -7.77. The summed E-state index contributed by atoms with van der Waals surface area (Å²) in [5, 5.41) is 22.7. The second kappa shape index (κ2) is 30.0. The predicted octanol–water partition coefficient (Wildman–Crippen LogP) is -2.47. The highest BCUT2D eigenvalue weighted by molar-refractivity contribution is 7.80. The minimum Gasteiger partial charge on any atom is -0.394 e. The number of aliphatic hydroxyl groups is 1. The molecule has 1 aliphatic heterocycles. The molecule has 0 spiro atoms. The van der Waals surface area contributed by atoms with Crippen molar-refractivity contribution in [1.29, 1.82) is 0 Å². The number of primary amides is 1. The number of unbranched alkanes of at least 4 members (excludes halogenated alkanes) is 2. The zero-order valence-corrected chi connectivity index (χ0v) is 39.6. The molecule has 1 unspecified atom stereocenters. The molecule has 24 nitrogen and oxygen atoms in total. The van der Waals surface area contributed by atoms with E-state index in [2.05, 4.69) is 55.3 Å². The average molecular weight is 977 g/mol. The van der Waals surface area contributed by atoms with Gasteiger partial charge in [-0.2, -0.15) is 12.6 Å². The minimum atomic E-state index is -5.13. The number of allylic oxidation sites excluding steroid dienone is 1. The van der Waals surface area contributed by atoms with E-state index in [-0.39, 0.29) is 75.7 Å². The van der Waals surface area contributed by atoms with Crippen molar-refractivity contribution in [2.45, 2.75) is 121 Å². The lowest BCUT2D eigenvalue weighted by atomic mass is 10.0. The van der Waals surface area contributed by atoms with Crippen LogP contribution in [0.1, 0.15) is 71.4 Å². The lowest BCUT2D eigenvalue weighted by Crippen LogP contribution is -2.61. The number of imidazole rings is 1. The van der Waals surface area contributed by atoms with Gasteiger partial charge in [-0.3, -0.25) is 38.1 Å². The number of likely N-dealkylation sites (tertiary alicyclic amines) is 1. The topological polar surface area (TPSA) is 358 Å². The van der Waals surface area contributed by atoms with E-state index in [1.54, 1.807) is 17.0 Å². The Morgan fingerprint density at radius 3 is 2.23 bits per heavy atom. The van der Waals surface area contributed by atoms with Crippen LogP contribution < -0.4 is 38.1 Å². The van der Waals surface area contributed by atoms with Crippen LogP contribution in [0.25, 0.3) is 0 Å². The summed E-state index contributed by atoms with van der Waals surface area (Å²) >= 11 is 3.98. The third-order valence-corrected chi connectivity index (χ3v) is 11.2. The average Bonchev–Trinajstić information content (AvgIpc) is 3.93. The Morgan fingerprint density at radius 1 is 0.955 bits per heavy atom. The molecular weight excluding hydrogens is 908 g/mol. The number of amides is 7. The molecule has 1 aromatic rings. The third-order valence-electron chi connectivity index (χ3n) is 10.2. The SMILES string of the molecule is C=CCCCCn1cncc1C[C@H](NC(=O)[C@H](CC(C)C)NC(=O)[C@@H]1CCCN1C(=O)CCOCCOCCNC(=O)[C@@H](N)CS)C(=O)N[C@@H](CO)C(=O)N[C@H](C(N)=O)C(C)OP(=O)(O)O. The fraction of sp³-hybridized carbons (Fsp3) is 0.700. The Balaban J connectivity index is 2.19. The molecule has 1 fully saturated rings. The van der Waals surface area contributed by atoms with Gasteiger partial charge in [0.1, 0.15) is 30.2 Å². The number of nitrogens with one attached hydrogen (secondary N) is 5. The minimum absolute atomic E-state index is 0.0186. The van der Waals surface area contributed by atoms with Gasteiger partial charge < -0.3 is 71.9 Å². The number of carbonyl (C=O) groups excluding carboxylic acids is 7. The summed E-state index contributed by atoms with van der Waals surface area (Å²) in [7, 11) is -5.13. The van der Waals surface area contributed by atoms with Crippen molar-refractivity contribution in [1.82, 2.24) is 41.0 Å². The van der Waals surface area contributed by atoms with Crippen molar-refractivity contribution in [2.24, 2.45) is 17.4 Å². The normalized spacial score (nSPS) is 16.6. The first kappa shape index (κ1) is 57.7.